The molecule has 1 N–H and O–H groups in total. The van der Waals surface area contributed by atoms with Gasteiger partial charge in [0.2, 0.25) is 0 Å². The normalized spacial score (nSPS) is 16.0. The molecule has 0 aromatic carbocycles. The molecule has 1 aliphatic rings. The molecule has 0 amide bonds. The van der Waals surface area contributed by atoms with Crippen molar-refractivity contribution in [2.24, 2.45) is 4.99 Å². The summed E-state index contributed by atoms with van der Waals surface area (Å²) in [6.45, 7) is 11.4. The highest BCUT2D eigenvalue weighted by atomic mass is 15.3. The van der Waals surface area contributed by atoms with Crippen LogP contribution in [0.4, 0.5) is 0 Å². The minimum atomic E-state index is 0.408. The average Bonchev–Trinajstić information content (AvgIpc) is 3.42. The summed E-state index contributed by atoms with van der Waals surface area (Å²) in [5.74, 6) is 1.36. The molecular formula is C42H81N3. The summed E-state index contributed by atoms with van der Waals surface area (Å²) < 4.78 is 0. The molecule has 0 spiro atoms. The van der Waals surface area contributed by atoms with Gasteiger partial charge in [0.1, 0.15) is 5.84 Å². The molecule has 0 aliphatic carbocycles. The Morgan fingerprint density at radius 3 is 1.40 bits per heavy atom. The number of unbranched alkanes of at least 4 members (excludes halogenated alkanes) is 24. The lowest BCUT2D eigenvalue weighted by Crippen LogP contribution is -2.46. The smallest absolute Gasteiger partial charge is 0.101 e. The summed E-state index contributed by atoms with van der Waals surface area (Å²) in [5, 5.41) is 3.81. The molecule has 3 heteroatoms. The topological polar surface area (TPSA) is 27.6 Å². The summed E-state index contributed by atoms with van der Waals surface area (Å²) >= 11 is 0. The quantitative estimate of drug-likeness (QED) is 0.0568. The van der Waals surface area contributed by atoms with Gasteiger partial charge >= 0.3 is 0 Å². The third-order valence-corrected chi connectivity index (χ3v) is 9.67. The third kappa shape index (κ3) is 26.7. The van der Waals surface area contributed by atoms with Crippen LogP contribution in [0.2, 0.25) is 0 Å². The van der Waals surface area contributed by atoms with Gasteiger partial charge < -0.3 is 4.90 Å². The molecule has 2 unspecified atom stereocenters. The highest BCUT2D eigenvalue weighted by Gasteiger charge is 2.25. The summed E-state index contributed by atoms with van der Waals surface area (Å²) in [7, 11) is 0. The van der Waals surface area contributed by atoms with Gasteiger partial charge in [-0.2, -0.15) is 0 Å². The second kappa shape index (κ2) is 32.8. The standard InChI is InChI=1S/C42H81N3/c1-5-7-9-11-13-15-17-19-21-23-25-27-29-31-33-35-37-42-44-40(3)39-45(42)41(4)43-38-36-34-32-30-28-26-24-22-20-18-16-14-12-10-8-6-2/h19-22,40-41,43H,5-18,23-39H2,1-4H3/b21-19-,22-20-. The number of nitrogens with zero attached hydrogens (tertiary/aromatic N) is 2. The molecule has 1 rings (SSSR count). The SMILES string of the molecule is CCCCCCCC/C=C\CCCCCCCCNC(C)N1CC(C)N=C1CCCCCCCC/C=C\CCCCCCCC. The van der Waals surface area contributed by atoms with E-state index in [0.717, 1.165) is 19.5 Å². The Hall–Kier alpha value is -1.09. The van der Waals surface area contributed by atoms with E-state index in [0.29, 0.717) is 12.2 Å². The van der Waals surface area contributed by atoms with Crippen LogP contribution in [0.3, 0.4) is 0 Å². The Morgan fingerprint density at radius 1 is 0.578 bits per heavy atom. The van der Waals surface area contributed by atoms with E-state index in [-0.39, 0.29) is 0 Å². The Kier molecular flexibility index (Phi) is 30.6. The highest BCUT2D eigenvalue weighted by molar-refractivity contribution is 5.84. The molecule has 0 saturated carbocycles. The summed E-state index contributed by atoms with van der Waals surface area (Å²) in [6.07, 6.45) is 49.7. The van der Waals surface area contributed by atoms with Crippen LogP contribution in [0.5, 0.6) is 0 Å². The molecule has 0 radical (unpaired) electrons. The van der Waals surface area contributed by atoms with Crippen molar-refractivity contribution < 1.29 is 0 Å². The van der Waals surface area contributed by atoms with Crippen molar-refractivity contribution in [3.05, 3.63) is 24.3 Å². The Bertz CT molecular complexity index is 696. The van der Waals surface area contributed by atoms with Crippen LogP contribution in [-0.2, 0) is 0 Å². The van der Waals surface area contributed by atoms with E-state index in [9.17, 15) is 0 Å². The lowest BCUT2D eigenvalue weighted by molar-refractivity contribution is 0.285. The first kappa shape index (κ1) is 41.9. The highest BCUT2D eigenvalue weighted by Crippen LogP contribution is 2.18. The van der Waals surface area contributed by atoms with Crippen LogP contribution in [-0.4, -0.2) is 36.0 Å². The number of allylic oxidation sites excluding steroid dienone is 4. The predicted octanol–water partition coefficient (Wildman–Crippen LogP) is 13.5. The number of rotatable bonds is 34. The molecule has 0 saturated heterocycles. The van der Waals surface area contributed by atoms with Crippen molar-refractivity contribution >= 4 is 5.84 Å². The maximum absolute atomic E-state index is 5.02. The van der Waals surface area contributed by atoms with Crippen molar-refractivity contribution in [2.75, 3.05) is 13.1 Å². The molecular weight excluding hydrogens is 546 g/mol. The molecule has 0 aromatic heterocycles. The fourth-order valence-corrected chi connectivity index (χ4v) is 6.67. The number of hydrogen-bond acceptors (Lipinski definition) is 3. The molecule has 45 heavy (non-hydrogen) atoms. The van der Waals surface area contributed by atoms with Gasteiger partial charge in [0, 0.05) is 13.0 Å². The van der Waals surface area contributed by atoms with Crippen molar-refractivity contribution in [3.8, 4) is 0 Å². The van der Waals surface area contributed by atoms with Crippen LogP contribution >= 0.6 is 0 Å². The molecule has 3 nitrogen and oxygen atoms in total. The molecule has 1 aliphatic heterocycles. The van der Waals surface area contributed by atoms with Gasteiger partial charge in [0.25, 0.3) is 0 Å². The number of hydrogen-bond donors (Lipinski definition) is 1. The molecule has 1 heterocycles. The molecule has 0 fully saturated rings. The van der Waals surface area contributed by atoms with Crippen molar-refractivity contribution in [3.63, 3.8) is 0 Å². The largest absolute Gasteiger partial charge is 0.343 e. The number of nitrogens with one attached hydrogen (secondary N) is 1. The summed E-state index contributed by atoms with van der Waals surface area (Å²) in [5.41, 5.74) is 0. The maximum Gasteiger partial charge on any atom is 0.101 e. The molecule has 2 atom stereocenters. The third-order valence-electron chi connectivity index (χ3n) is 9.67. The minimum Gasteiger partial charge on any atom is -0.343 e. The van der Waals surface area contributed by atoms with Crippen LogP contribution in [0.25, 0.3) is 0 Å². The maximum atomic E-state index is 5.02. The first-order valence-electron chi connectivity index (χ1n) is 20.6. The van der Waals surface area contributed by atoms with Crippen LogP contribution in [0.1, 0.15) is 214 Å². The zero-order chi connectivity index (χ0) is 32.5. The minimum absolute atomic E-state index is 0.408. The van der Waals surface area contributed by atoms with Gasteiger partial charge in [-0.25, -0.2) is 0 Å². The molecule has 0 bridgehead atoms. The van der Waals surface area contributed by atoms with E-state index in [1.807, 2.05) is 0 Å². The van der Waals surface area contributed by atoms with Gasteiger partial charge in [0.05, 0.1) is 12.2 Å². The van der Waals surface area contributed by atoms with Gasteiger partial charge in [-0.15, -0.1) is 0 Å². The summed E-state index contributed by atoms with van der Waals surface area (Å²) in [6, 6.07) is 0.448. The first-order valence-corrected chi connectivity index (χ1v) is 20.6. The number of amidine groups is 1. The van der Waals surface area contributed by atoms with E-state index < -0.39 is 0 Å². The lowest BCUT2D eigenvalue weighted by atomic mass is 10.1. The fourth-order valence-electron chi connectivity index (χ4n) is 6.67. The van der Waals surface area contributed by atoms with E-state index >= 15 is 0 Å². The van der Waals surface area contributed by atoms with Crippen molar-refractivity contribution in [1.82, 2.24) is 10.2 Å². The predicted molar refractivity (Wildman–Crippen MR) is 205 cm³/mol. The van der Waals surface area contributed by atoms with Gasteiger partial charge in [-0.05, 0) is 84.6 Å². The lowest BCUT2D eigenvalue weighted by Gasteiger charge is -2.29. The Morgan fingerprint density at radius 2 is 0.956 bits per heavy atom. The van der Waals surface area contributed by atoms with Crippen molar-refractivity contribution in [1.29, 1.82) is 0 Å². The Labute approximate surface area is 284 Å². The van der Waals surface area contributed by atoms with Crippen LogP contribution in [0, 0.1) is 0 Å². The second-order valence-electron chi connectivity index (χ2n) is 14.3. The van der Waals surface area contributed by atoms with E-state index in [2.05, 4.69) is 62.2 Å². The fraction of sp³-hybridized carbons (Fsp3) is 0.881. The average molecular weight is 628 g/mol. The van der Waals surface area contributed by atoms with E-state index in [1.165, 1.54) is 186 Å². The van der Waals surface area contributed by atoms with Gasteiger partial charge in [-0.1, -0.05) is 154 Å². The molecule has 0 aromatic rings. The Balaban J connectivity index is 1.95. The van der Waals surface area contributed by atoms with Gasteiger partial charge in [0.15, 0.2) is 0 Å². The van der Waals surface area contributed by atoms with Crippen molar-refractivity contribution in [2.45, 2.75) is 226 Å². The number of aliphatic imine (C=N–C) groups is 1. The summed E-state index contributed by atoms with van der Waals surface area (Å²) in [4.78, 5) is 7.57. The molecule has 264 valence electrons. The monoisotopic (exact) mass is 628 g/mol. The second-order valence-corrected chi connectivity index (χ2v) is 14.3. The van der Waals surface area contributed by atoms with E-state index in [4.69, 9.17) is 4.99 Å². The first-order chi connectivity index (χ1) is 22.2. The zero-order valence-corrected chi connectivity index (χ0v) is 31.3. The van der Waals surface area contributed by atoms with Gasteiger partial charge in [-0.3, -0.25) is 10.3 Å². The zero-order valence-electron chi connectivity index (χ0n) is 31.3. The van der Waals surface area contributed by atoms with Crippen LogP contribution < -0.4 is 5.32 Å². The van der Waals surface area contributed by atoms with E-state index in [1.54, 1.807) is 0 Å². The van der Waals surface area contributed by atoms with Crippen LogP contribution in [0.15, 0.2) is 29.3 Å².